The number of aliphatic carboxylic acids is 2. The van der Waals surface area contributed by atoms with Crippen LogP contribution in [0.1, 0.15) is 50.9 Å². The Kier molecular flexibility index (Phi) is 17.4. The summed E-state index contributed by atoms with van der Waals surface area (Å²) in [6.07, 6.45) is 12.2. The van der Waals surface area contributed by atoms with Gasteiger partial charge in [0.25, 0.3) is 0 Å². The number of carboxylic acids is 2. The average molecular weight is 530 g/mol. The molecule has 38 heavy (non-hydrogen) atoms. The quantitative estimate of drug-likeness (QED) is 0.161. The van der Waals surface area contributed by atoms with Gasteiger partial charge in [0.15, 0.2) is 17.3 Å². The molecule has 0 aliphatic rings. The summed E-state index contributed by atoms with van der Waals surface area (Å²) in [7, 11) is 1.99. The molecule has 1 aromatic rings. The summed E-state index contributed by atoms with van der Waals surface area (Å²) in [5, 5.41) is 15.6. The molecule has 0 heterocycles. The molecular weight excluding hydrogens is 489 g/mol. The van der Waals surface area contributed by atoms with E-state index in [2.05, 4.69) is 23.6 Å². The number of ketones is 1. The van der Waals surface area contributed by atoms with Gasteiger partial charge in [0.2, 0.25) is 0 Å². The third-order valence-electron chi connectivity index (χ3n) is 4.94. The molecule has 0 aromatic heterocycles. The Labute approximate surface area is 225 Å². The van der Waals surface area contributed by atoms with Crippen LogP contribution in [0.2, 0.25) is 0 Å². The molecular formula is C30H40FNO6. The van der Waals surface area contributed by atoms with Crippen molar-refractivity contribution in [3.8, 4) is 5.75 Å². The van der Waals surface area contributed by atoms with Gasteiger partial charge in [-0.25, -0.2) is 14.0 Å². The molecule has 208 valence electrons. The van der Waals surface area contributed by atoms with Gasteiger partial charge in [-0.05, 0) is 65.8 Å². The van der Waals surface area contributed by atoms with Crippen LogP contribution in [-0.2, 0) is 9.59 Å². The first-order valence-corrected chi connectivity index (χ1v) is 12.2. The fourth-order valence-electron chi connectivity index (χ4n) is 2.97. The van der Waals surface area contributed by atoms with Crippen LogP contribution in [0.5, 0.6) is 5.75 Å². The second-order valence-electron chi connectivity index (χ2n) is 9.04. The summed E-state index contributed by atoms with van der Waals surface area (Å²) >= 11 is 0. The van der Waals surface area contributed by atoms with Gasteiger partial charge in [-0.15, -0.1) is 6.58 Å². The van der Waals surface area contributed by atoms with Crippen LogP contribution in [0, 0.1) is 11.7 Å². The summed E-state index contributed by atoms with van der Waals surface area (Å²) < 4.78 is 20.0. The van der Waals surface area contributed by atoms with E-state index >= 15 is 0 Å². The number of rotatable bonds is 15. The average Bonchev–Trinajstić information content (AvgIpc) is 2.83. The molecule has 2 N–H and O–H groups in total. The van der Waals surface area contributed by atoms with Crippen LogP contribution in [0.25, 0.3) is 0 Å². The van der Waals surface area contributed by atoms with Crippen molar-refractivity contribution in [3.05, 3.63) is 89.8 Å². The number of likely N-dealkylation sites (N-methyl/N-ethyl adjacent to an activating group) is 1. The number of hydrogen-bond donors (Lipinski definition) is 2. The third-order valence-corrected chi connectivity index (χ3v) is 4.94. The molecule has 1 aromatic carbocycles. The second-order valence-corrected chi connectivity index (χ2v) is 9.04. The number of carbonyl (C=O) groups is 3. The largest absolute Gasteiger partial charge is 0.486 e. The van der Waals surface area contributed by atoms with E-state index in [0.29, 0.717) is 30.6 Å². The Morgan fingerprint density at radius 3 is 1.97 bits per heavy atom. The minimum absolute atomic E-state index is 0.0411. The van der Waals surface area contributed by atoms with Crippen LogP contribution in [-0.4, -0.2) is 59.6 Å². The number of Topliss-reactive ketones (excluding diaryl/α,β-unsaturated/α-hetero) is 1. The minimum Gasteiger partial charge on any atom is -0.486 e. The van der Waals surface area contributed by atoms with Crippen molar-refractivity contribution in [2.45, 2.75) is 40.5 Å². The van der Waals surface area contributed by atoms with E-state index in [-0.39, 0.29) is 24.1 Å². The summed E-state index contributed by atoms with van der Waals surface area (Å²) in [5.74, 6) is -3.11. The number of hydrogen-bond acceptors (Lipinski definition) is 5. The molecule has 0 atom stereocenters. The van der Waals surface area contributed by atoms with Gasteiger partial charge in [-0.3, -0.25) is 9.69 Å². The topological polar surface area (TPSA) is 104 Å². The van der Waals surface area contributed by atoms with Crippen molar-refractivity contribution in [3.63, 3.8) is 0 Å². The van der Waals surface area contributed by atoms with Gasteiger partial charge in [0.1, 0.15) is 6.61 Å². The van der Waals surface area contributed by atoms with Crippen LogP contribution >= 0.6 is 0 Å². The number of carbonyl (C=O) groups excluding carboxylic acids is 1. The first-order chi connectivity index (χ1) is 17.9. The fraction of sp³-hybridized carbons (Fsp3) is 0.367. The first-order valence-electron chi connectivity index (χ1n) is 12.2. The molecule has 7 nitrogen and oxygen atoms in total. The van der Waals surface area contributed by atoms with E-state index in [1.807, 2.05) is 53.0 Å². The SMILES string of the molecule is C=CCN(C)C/C=C/COc1ccc(C(=O)C(CC=C(C)C)CC=C(C)C)cc1F.O=C(O)/C=C/C(=O)O. The Hall–Kier alpha value is -3.78. The highest BCUT2D eigenvalue weighted by Crippen LogP contribution is 2.24. The standard InChI is InChI=1S/C26H36FNO2.C4H4O4/c1-7-16-28(6)17-8-9-18-30-25-15-14-23(19-24(25)27)26(29)22(12-10-20(2)3)13-11-21(4)5;5-3(6)1-2-4(7)8/h7-11,14-15,19,22H,1,12-13,16-18H2,2-6H3;1-2H,(H,5,6)(H,7,8)/b9-8+;2-1+. The highest BCUT2D eigenvalue weighted by molar-refractivity contribution is 5.98. The zero-order valence-electron chi connectivity index (χ0n) is 22.9. The van der Waals surface area contributed by atoms with Gasteiger partial charge < -0.3 is 14.9 Å². The molecule has 0 aliphatic heterocycles. The van der Waals surface area contributed by atoms with Crippen LogP contribution in [0.4, 0.5) is 4.39 Å². The van der Waals surface area contributed by atoms with Gasteiger partial charge in [-0.1, -0.05) is 41.5 Å². The number of halogens is 1. The lowest BCUT2D eigenvalue weighted by Crippen LogP contribution is -2.17. The molecule has 0 fully saturated rings. The number of carboxylic acid groups (broad SMARTS) is 2. The first kappa shape index (κ1) is 34.2. The Morgan fingerprint density at radius 2 is 1.53 bits per heavy atom. The number of allylic oxidation sites excluding steroid dienone is 4. The summed E-state index contributed by atoms with van der Waals surface area (Å²) in [4.78, 5) is 34.2. The van der Waals surface area contributed by atoms with Crippen LogP contribution in [0.15, 0.2) is 78.5 Å². The third kappa shape index (κ3) is 16.8. The van der Waals surface area contributed by atoms with Gasteiger partial charge >= 0.3 is 11.9 Å². The zero-order chi connectivity index (χ0) is 29.1. The highest BCUT2D eigenvalue weighted by Gasteiger charge is 2.19. The van der Waals surface area contributed by atoms with Gasteiger partial charge in [-0.2, -0.15) is 0 Å². The lowest BCUT2D eigenvalue weighted by molar-refractivity contribution is -0.134. The maximum atomic E-state index is 14.5. The molecule has 1 rings (SSSR count). The molecule has 0 radical (unpaired) electrons. The smallest absolute Gasteiger partial charge is 0.328 e. The molecule has 0 bridgehead atoms. The van der Waals surface area contributed by atoms with Crippen molar-refractivity contribution >= 4 is 17.7 Å². The molecule has 0 spiro atoms. The van der Waals surface area contributed by atoms with E-state index in [0.717, 1.165) is 13.1 Å². The summed E-state index contributed by atoms with van der Waals surface area (Å²) in [6, 6.07) is 4.48. The van der Waals surface area contributed by atoms with Crippen molar-refractivity contribution < 1.29 is 33.7 Å². The van der Waals surface area contributed by atoms with Crippen molar-refractivity contribution in [2.75, 3.05) is 26.7 Å². The van der Waals surface area contributed by atoms with Crippen LogP contribution < -0.4 is 4.74 Å². The maximum absolute atomic E-state index is 14.5. The second kappa shape index (κ2) is 19.3. The number of ether oxygens (including phenoxy) is 1. The van der Waals surface area contributed by atoms with Crippen molar-refractivity contribution in [1.82, 2.24) is 4.90 Å². The molecule has 0 saturated carbocycles. The van der Waals surface area contributed by atoms with E-state index in [4.69, 9.17) is 14.9 Å². The van der Waals surface area contributed by atoms with Crippen molar-refractivity contribution in [2.24, 2.45) is 5.92 Å². The van der Waals surface area contributed by atoms with E-state index < -0.39 is 17.8 Å². The predicted molar refractivity (Wildman–Crippen MR) is 149 cm³/mol. The van der Waals surface area contributed by atoms with Crippen molar-refractivity contribution in [1.29, 1.82) is 0 Å². The predicted octanol–water partition coefficient (Wildman–Crippen LogP) is 6.10. The molecule has 8 heteroatoms. The van der Waals surface area contributed by atoms with E-state index in [1.165, 1.54) is 17.2 Å². The Bertz CT molecular complexity index is 1010. The van der Waals surface area contributed by atoms with Crippen LogP contribution in [0.3, 0.4) is 0 Å². The Balaban J connectivity index is 0.00000147. The number of nitrogens with zero attached hydrogens (tertiary/aromatic N) is 1. The highest BCUT2D eigenvalue weighted by atomic mass is 19.1. The Morgan fingerprint density at radius 1 is 0.974 bits per heavy atom. The lowest BCUT2D eigenvalue weighted by atomic mass is 9.90. The normalized spacial score (nSPS) is 10.7. The number of benzene rings is 1. The summed E-state index contributed by atoms with van der Waals surface area (Å²) in [6.45, 7) is 13.6. The molecule has 0 saturated heterocycles. The lowest BCUT2D eigenvalue weighted by Gasteiger charge is -2.14. The fourth-order valence-corrected chi connectivity index (χ4v) is 2.97. The van der Waals surface area contributed by atoms with Gasteiger partial charge in [0.05, 0.1) is 0 Å². The van der Waals surface area contributed by atoms with E-state index in [9.17, 15) is 18.8 Å². The van der Waals surface area contributed by atoms with E-state index in [1.54, 1.807) is 12.1 Å². The maximum Gasteiger partial charge on any atom is 0.328 e. The summed E-state index contributed by atoms with van der Waals surface area (Å²) in [5.41, 5.74) is 2.73. The zero-order valence-corrected chi connectivity index (χ0v) is 22.9. The molecule has 0 aliphatic carbocycles. The minimum atomic E-state index is -1.26. The van der Waals surface area contributed by atoms with Gasteiger partial charge in [0, 0.05) is 36.7 Å². The molecule has 0 unspecified atom stereocenters. The molecule has 0 amide bonds. The monoisotopic (exact) mass is 529 g/mol.